The summed E-state index contributed by atoms with van der Waals surface area (Å²) in [5, 5.41) is 2.96. The molecule has 17 heavy (non-hydrogen) atoms. The predicted octanol–water partition coefficient (Wildman–Crippen LogP) is 1.86. The number of nitrogens with one attached hydrogen (secondary N) is 1. The zero-order valence-electron chi connectivity index (χ0n) is 10.2. The lowest BCUT2D eigenvalue weighted by atomic mass is 10.0. The van der Waals surface area contributed by atoms with Gasteiger partial charge in [0.15, 0.2) is 0 Å². The molecule has 0 radical (unpaired) electrons. The van der Waals surface area contributed by atoms with Crippen LogP contribution in [0.25, 0.3) is 0 Å². The van der Waals surface area contributed by atoms with Gasteiger partial charge in [0.1, 0.15) is 0 Å². The van der Waals surface area contributed by atoms with Gasteiger partial charge in [0.25, 0.3) is 0 Å². The first kappa shape index (κ1) is 11.9. The first-order chi connectivity index (χ1) is 8.09. The van der Waals surface area contributed by atoms with Gasteiger partial charge in [-0.2, -0.15) is 0 Å². The summed E-state index contributed by atoms with van der Waals surface area (Å²) in [4.78, 5) is 12.0. The number of aryl methyl sites for hydroxylation is 1. The summed E-state index contributed by atoms with van der Waals surface area (Å²) in [6, 6.07) is 3.78. The molecule has 1 heterocycles. The summed E-state index contributed by atoms with van der Waals surface area (Å²) in [5.41, 5.74) is 9.34. The number of amides is 1. The predicted molar refractivity (Wildman–Crippen MR) is 67.9 cm³/mol. The van der Waals surface area contributed by atoms with Crippen LogP contribution in [0.1, 0.15) is 17.5 Å². The molecule has 4 heteroatoms. The molecule has 1 unspecified atom stereocenters. The van der Waals surface area contributed by atoms with Crippen molar-refractivity contribution in [3.63, 3.8) is 0 Å². The lowest BCUT2D eigenvalue weighted by Gasteiger charge is -2.15. The third-order valence-corrected chi connectivity index (χ3v) is 3.26. The highest BCUT2D eigenvalue weighted by Gasteiger charge is 2.24. The number of benzene rings is 1. The fourth-order valence-electron chi connectivity index (χ4n) is 2.02. The van der Waals surface area contributed by atoms with Crippen LogP contribution in [0.4, 0.5) is 11.4 Å². The van der Waals surface area contributed by atoms with Crippen LogP contribution in [-0.4, -0.2) is 19.1 Å². The summed E-state index contributed by atoms with van der Waals surface area (Å²) >= 11 is 0. The molecule has 3 N–H and O–H groups in total. The summed E-state index contributed by atoms with van der Waals surface area (Å²) in [5.74, 6) is -0.00506. The van der Waals surface area contributed by atoms with Gasteiger partial charge in [-0.1, -0.05) is 6.07 Å². The maximum absolute atomic E-state index is 12.0. The first-order valence-electron chi connectivity index (χ1n) is 5.84. The Morgan fingerprint density at radius 3 is 2.88 bits per heavy atom. The number of carbonyl (C=O) groups is 1. The molecule has 0 bridgehead atoms. The molecule has 1 fully saturated rings. The number of nitrogen functional groups attached to an aromatic ring is 1. The molecule has 0 aromatic heterocycles. The molecule has 1 aromatic rings. The van der Waals surface area contributed by atoms with E-state index in [2.05, 4.69) is 5.32 Å². The van der Waals surface area contributed by atoms with Gasteiger partial charge in [-0.05, 0) is 37.5 Å². The second-order valence-electron chi connectivity index (χ2n) is 4.52. The lowest BCUT2D eigenvalue weighted by molar-refractivity contribution is -0.119. The Morgan fingerprint density at radius 1 is 1.47 bits per heavy atom. The van der Waals surface area contributed by atoms with Crippen LogP contribution < -0.4 is 11.1 Å². The first-order valence-corrected chi connectivity index (χ1v) is 5.84. The minimum Gasteiger partial charge on any atom is -0.398 e. The summed E-state index contributed by atoms with van der Waals surface area (Å²) in [7, 11) is 0. The van der Waals surface area contributed by atoms with E-state index in [1.807, 2.05) is 26.0 Å². The molecule has 1 atom stereocenters. The van der Waals surface area contributed by atoms with Gasteiger partial charge in [0, 0.05) is 18.0 Å². The lowest BCUT2D eigenvalue weighted by Crippen LogP contribution is -2.23. The minimum atomic E-state index is -0.0322. The third kappa shape index (κ3) is 2.42. The van der Waals surface area contributed by atoms with Crippen molar-refractivity contribution in [3.8, 4) is 0 Å². The fraction of sp³-hybridized carbons (Fsp3) is 0.462. The van der Waals surface area contributed by atoms with Crippen LogP contribution >= 0.6 is 0 Å². The summed E-state index contributed by atoms with van der Waals surface area (Å²) in [6.07, 6.45) is 0.798. The van der Waals surface area contributed by atoms with E-state index < -0.39 is 0 Å². The van der Waals surface area contributed by atoms with Crippen molar-refractivity contribution in [2.24, 2.45) is 5.92 Å². The van der Waals surface area contributed by atoms with Crippen molar-refractivity contribution < 1.29 is 9.53 Å². The van der Waals surface area contributed by atoms with Crippen molar-refractivity contribution in [1.82, 2.24) is 0 Å². The largest absolute Gasteiger partial charge is 0.398 e. The van der Waals surface area contributed by atoms with Gasteiger partial charge in [-0.25, -0.2) is 0 Å². The Balaban J connectivity index is 2.17. The van der Waals surface area contributed by atoms with Crippen LogP contribution in [0, 0.1) is 19.8 Å². The summed E-state index contributed by atoms with van der Waals surface area (Å²) < 4.78 is 5.21. The summed E-state index contributed by atoms with van der Waals surface area (Å²) in [6.45, 7) is 5.08. The molecule has 0 aliphatic carbocycles. The molecular weight excluding hydrogens is 216 g/mol. The highest BCUT2D eigenvalue weighted by atomic mass is 16.5. The van der Waals surface area contributed by atoms with E-state index in [0.29, 0.717) is 18.9 Å². The maximum atomic E-state index is 12.0. The average Bonchev–Trinajstić information content (AvgIpc) is 2.83. The molecule has 2 rings (SSSR count). The van der Waals surface area contributed by atoms with Crippen LogP contribution in [0.2, 0.25) is 0 Å². The molecule has 1 amide bonds. The fourth-order valence-corrected chi connectivity index (χ4v) is 2.02. The Bertz CT molecular complexity index is 437. The quantitative estimate of drug-likeness (QED) is 0.768. The number of hydrogen-bond acceptors (Lipinski definition) is 3. The molecule has 1 aliphatic rings. The molecule has 4 nitrogen and oxygen atoms in total. The van der Waals surface area contributed by atoms with Crippen molar-refractivity contribution in [3.05, 3.63) is 23.3 Å². The van der Waals surface area contributed by atoms with Crippen molar-refractivity contribution >= 4 is 17.3 Å². The number of nitrogens with two attached hydrogens (primary N) is 1. The molecule has 0 spiro atoms. The van der Waals surface area contributed by atoms with E-state index in [0.717, 1.165) is 23.2 Å². The number of rotatable bonds is 2. The molecular formula is C13H18N2O2. The van der Waals surface area contributed by atoms with Crippen molar-refractivity contribution in [2.45, 2.75) is 20.3 Å². The van der Waals surface area contributed by atoms with Crippen molar-refractivity contribution in [2.75, 3.05) is 24.3 Å². The van der Waals surface area contributed by atoms with Gasteiger partial charge in [0.2, 0.25) is 5.91 Å². The van der Waals surface area contributed by atoms with Crippen LogP contribution in [0.5, 0.6) is 0 Å². The highest BCUT2D eigenvalue weighted by molar-refractivity contribution is 5.95. The van der Waals surface area contributed by atoms with Gasteiger partial charge in [-0.3, -0.25) is 4.79 Å². The second kappa shape index (κ2) is 4.75. The van der Waals surface area contributed by atoms with Gasteiger partial charge in [0.05, 0.1) is 12.5 Å². The van der Waals surface area contributed by atoms with Gasteiger partial charge >= 0.3 is 0 Å². The minimum absolute atomic E-state index is 0.0271. The number of anilines is 2. The number of hydrogen-bond donors (Lipinski definition) is 2. The number of carbonyl (C=O) groups excluding carboxylic acids is 1. The number of ether oxygens (including phenoxy) is 1. The van der Waals surface area contributed by atoms with E-state index in [1.165, 1.54) is 0 Å². The molecule has 92 valence electrons. The van der Waals surface area contributed by atoms with Gasteiger partial charge in [-0.15, -0.1) is 0 Å². The third-order valence-electron chi connectivity index (χ3n) is 3.26. The molecule has 1 aliphatic heterocycles. The zero-order chi connectivity index (χ0) is 12.4. The Morgan fingerprint density at radius 2 is 2.24 bits per heavy atom. The average molecular weight is 234 g/mol. The van der Waals surface area contributed by atoms with E-state index in [1.54, 1.807) is 0 Å². The Labute approximate surface area is 101 Å². The Hall–Kier alpha value is -1.55. The van der Waals surface area contributed by atoms with Crippen LogP contribution in [-0.2, 0) is 9.53 Å². The van der Waals surface area contributed by atoms with E-state index in [4.69, 9.17) is 10.5 Å². The second-order valence-corrected chi connectivity index (χ2v) is 4.52. The standard InChI is InChI=1S/C13H18N2O2/c1-8-3-4-11(14)9(2)12(8)15-13(16)10-5-6-17-7-10/h3-4,10H,5-7,14H2,1-2H3,(H,15,16). The van der Waals surface area contributed by atoms with Crippen LogP contribution in [0.15, 0.2) is 12.1 Å². The van der Waals surface area contributed by atoms with E-state index >= 15 is 0 Å². The van der Waals surface area contributed by atoms with Crippen LogP contribution in [0.3, 0.4) is 0 Å². The molecule has 1 aromatic carbocycles. The Kier molecular flexibility index (Phi) is 3.33. The highest BCUT2D eigenvalue weighted by Crippen LogP contribution is 2.26. The zero-order valence-corrected chi connectivity index (χ0v) is 10.2. The molecule has 1 saturated heterocycles. The SMILES string of the molecule is Cc1ccc(N)c(C)c1NC(=O)C1CCOC1. The van der Waals surface area contributed by atoms with E-state index in [-0.39, 0.29) is 11.8 Å². The smallest absolute Gasteiger partial charge is 0.229 e. The molecule has 0 saturated carbocycles. The topological polar surface area (TPSA) is 64.3 Å². The maximum Gasteiger partial charge on any atom is 0.229 e. The van der Waals surface area contributed by atoms with Gasteiger partial charge < -0.3 is 15.8 Å². The van der Waals surface area contributed by atoms with E-state index in [9.17, 15) is 4.79 Å². The normalized spacial score (nSPS) is 19.3. The van der Waals surface area contributed by atoms with Crippen molar-refractivity contribution in [1.29, 1.82) is 0 Å². The monoisotopic (exact) mass is 234 g/mol.